The first-order valence-corrected chi connectivity index (χ1v) is 6.61. The average Bonchev–Trinajstić information content (AvgIpc) is 2.28. The lowest BCUT2D eigenvalue weighted by atomic mass is 9.81. The van der Waals surface area contributed by atoms with E-state index >= 15 is 0 Å². The van der Waals surface area contributed by atoms with Crippen molar-refractivity contribution in [3.63, 3.8) is 0 Å². The molecule has 1 aliphatic rings. The second-order valence-corrected chi connectivity index (χ2v) is 5.35. The van der Waals surface area contributed by atoms with Crippen LogP contribution in [0.2, 0.25) is 0 Å². The molecule has 0 aromatic rings. The van der Waals surface area contributed by atoms with Gasteiger partial charge in [-0.3, -0.25) is 4.79 Å². The van der Waals surface area contributed by atoms with E-state index in [1.165, 1.54) is 25.7 Å². The van der Waals surface area contributed by atoms with Crippen LogP contribution in [0.4, 0.5) is 0 Å². The van der Waals surface area contributed by atoms with Gasteiger partial charge in [0.25, 0.3) is 0 Å². The van der Waals surface area contributed by atoms with Crippen LogP contribution < -0.4 is 11.1 Å². The SMILES string of the molecule is CC1CCCC(CCNC(=O)C(C)CN)C1.Cl. The van der Waals surface area contributed by atoms with E-state index in [2.05, 4.69) is 12.2 Å². The van der Waals surface area contributed by atoms with Crippen LogP contribution in [0.3, 0.4) is 0 Å². The molecule has 3 N–H and O–H groups in total. The van der Waals surface area contributed by atoms with Crippen LogP contribution in [0.25, 0.3) is 0 Å². The summed E-state index contributed by atoms with van der Waals surface area (Å²) < 4.78 is 0. The quantitative estimate of drug-likeness (QED) is 0.799. The van der Waals surface area contributed by atoms with E-state index in [0.29, 0.717) is 6.54 Å². The summed E-state index contributed by atoms with van der Waals surface area (Å²) in [5, 5.41) is 2.98. The van der Waals surface area contributed by atoms with E-state index in [0.717, 1.165) is 24.8 Å². The third-order valence-electron chi connectivity index (χ3n) is 3.70. The first kappa shape index (κ1) is 16.7. The predicted octanol–water partition coefficient (Wildman–Crippen LogP) is 2.34. The molecule has 3 atom stereocenters. The fourth-order valence-corrected chi connectivity index (χ4v) is 2.50. The number of nitrogens with two attached hydrogens (primary N) is 1. The molecule has 3 unspecified atom stereocenters. The highest BCUT2D eigenvalue weighted by atomic mass is 35.5. The molecule has 1 aliphatic carbocycles. The van der Waals surface area contributed by atoms with Crippen molar-refractivity contribution >= 4 is 18.3 Å². The molecule has 4 heteroatoms. The average molecular weight is 263 g/mol. The number of rotatable bonds is 5. The molecule has 1 fully saturated rings. The monoisotopic (exact) mass is 262 g/mol. The van der Waals surface area contributed by atoms with E-state index in [1.807, 2.05) is 6.92 Å². The van der Waals surface area contributed by atoms with E-state index in [4.69, 9.17) is 5.73 Å². The van der Waals surface area contributed by atoms with Gasteiger partial charge in [0.05, 0.1) is 0 Å². The molecule has 0 spiro atoms. The normalized spacial score (nSPS) is 25.8. The Labute approximate surface area is 111 Å². The number of hydrogen-bond donors (Lipinski definition) is 2. The second-order valence-electron chi connectivity index (χ2n) is 5.35. The first-order chi connectivity index (χ1) is 7.63. The predicted molar refractivity (Wildman–Crippen MR) is 74.2 cm³/mol. The molecular formula is C13H27ClN2O. The second kappa shape index (κ2) is 8.76. The van der Waals surface area contributed by atoms with Crippen LogP contribution in [-0.4, -0.2) is 19.0 Å². The molecule has 17 heavy (non-hydrogen) atoms. The third-order valence-corrected chi connectivity index (χ3v) is 3.70. The third kappa shape index (κ3) is 6.27. The number of amides is 1. The zero-order chi connectivity index (χ0) is 12.0. The van der Waals surface area contributed by atoms with Crippen molar-refractivity contribution in [2.45, 2.75) is 46.0 Å². The standard InChI is InChI=1S/C13H26N2O.ClH/c1-10-4-3-5-12(8-10)6-7-15-13(16)11(2)9-14;/h10-12H,3-9,14H2,1-2H3,(H,15,16);1H. The van der Waals surface area contributed by atoms with E-state index < -0.39 is 0 Å². The number of halogens is 1. The van der Waals surface area contributed by atoms with Gasteiger partial charge in [0.15, 0.2) is 0 Å². The summed E-state index contributed by atoms with van der Waals surface area (Å²) in [6.07, 6.45) is 6.55. The largest absolute Gasteiger partial charge is 0.356 e. The van der Waals surface area contributed by atoms with Gasteiger partial charge >= 0.3 is 0 Å². The Kier molecular flexibility index (Phi) is 8.61. The number of nitrogens with one attached hydrogen (secondary N) is 1. The number of carbonyl (C=O) groups excluding carboxylic acids is 1. The van der Waals surface area contributed by atoms with E-state index in [-0.39, 0.29) is 24.2 Å². The summed E-state index contributed by atoms with van der Waals surface area (Å²) in [6, 6.07) is 0. The summed E-state index contributed by atoms with van der Waals surface area (Å²) in [5.74, 6) is 1.74. The molecule has 0 heterocycles. The Morgan fingerprint density at radius 3 is 2.76 bits per heavy atom. The van der Waals surface area contributed by atoms with Crippen molar-refractivity contribution in [1.29, 1.82) is 0 Å². The lowest BCUT2D eigenvalue weighted by Gasteiger charge is -2.26. The summed E-state index contributed by atoms with van der Waals surface area (Å²) in [5.41, 5.74) is 5.44. The van der Waals surface area contributed by atoms with Crippen LogP contribution in [0.5, 0.6) is 0 Å². The Morgan fingerprint density at radius 2 is 2.18 bits per heavy atom. The van der Waals surface area contributed by atoms with Gasteiger partial charge in [-0.15, -0.1) is 12.4 Å². The van der Waals surface area contributed by atoms with Crippen molar-refractivity contribution in [3.05, 3.63) is 0 Å². The summed E-state index contributed by atoms with van der Waals surface area (Å²) in [7, 11) is 0. The van der Waals surface area contributed by atoms with Gasteiger partial charge in [-0.2, -0.15) is 0 Å². The molecular weight excluding hydrogens is 236 g/mol. The minimum Gasteiger partial charge on any atom is -0.356 e. The Morgan fingerprint density at radius 1 is 1.47 bits per heavy atom. The fourth-order valence-electron chi connectivity index (χ4n) is 2.50. The van der Waals surface area contributed by atoms with Crippen molar-refractivity contribution < 1.29 is 4.79 Å². The minimum absolute atomic E-state index is 0. The van der Waals surface area contributed by atoms with Gasteiger partial charge in [-0.1, -0.05) is 33.1 Å². The van der Waals surface area contributed by atoms with Crippen LogP contribution in [0.1, 0.15) is 46.0 Å². The van der Waals surface area contributed by atoms with E-state index in [9.17, 15) is 4.79 Å². The van der Waals surface area contributed by atoms with Crippen molar-refractivity contribution in [2.75, 3.05) is 13.1 Å². The molecule has 1 saturated carbocycles. The lowest BCUT2D eigenvalue weighted by molar-refractivity contribution is -0.124. The van der Waals surface area contributed by atoms with Gasteiger partial charge in [0, 0.05) is 19.0 Å². The maximum absolute atomic E-state index is 11.5. The molecule has 0 radical (unpaired) electrons. The van der Waals surface area contributed by atoms with Gasteiger partial charge < -0.3 is 11.1 Å². The topological polar surface area (TPSA) is 55.1 Å². The highest BCUT2D eigenvalue weighted by Gasteiger charge is 2.19. The van der Waals surface area contributed by atoms with Crippen molar-refractivity contribution in [1.82, 2.24) is 5.32 Å². The molecule has 0 aliphatic heterocycles. The van der Waals surface area contributed by atoms with Crippen LogP contribution >= 0.6 is 12.4 Å². The Bertz CT molecular complexity index is 223. The van der Waals surface area contributed by atoms with Gasteiger partial charge in [-0.25, -0.2) is 0 Å². The lowest BCUT2D eigenvalue weighted by Crippen LogP contribution is -2.34. The molecule has 0 aromatic heterocycles. The zero-order valence-corrected chi connectivity index (χ0v) is 11.9. The van der Waals surface area contributed by atoms with Crippen LogP contribution in [0.15, 0.2) is 0 Å². The molecule has 0 bridgehead atoms. The molecule has 3 nitrogen and oxygen atoms in total. The number of carbonyl (C=O) groups is 1. The molecule has 102 valence electrons. The molecule has 1 amide bonds. The maximum Gasteiger partial charge on any atom is 0.224 e. The summed E-state index contributed by atoms with van der Waals surface area (Å²) in [4.78, 5) is 11.5. The molecule has 0 aromatic carbocycles. The van der Waals surface area contributed by atoms with Crippen LogP contribution in [-0.2, 0) is 4.79 Å². The summed E-state index contributed by atoms with van der Waals surface area (Å²) in [6.45, 7) is 5.46. The van der Waals surface area contributed by atoms with Gasteiger partial charge in [0.1, 0.15) is 0 Å². The van der Waals surface area contributed by atoms with Crippen LogP contribution in [0, 0.1) is 17.8 Å². The smallest absolute Gasteiger partial charge is 0.224 e. The van der Waals surface area contributed by atoms with E-state index in [1.54, 1.807) is 0 Å². The molecule has 1 rings (SSSR count). The Hall–Kier alpha value is -0.280. The maximum atomic E-state index is 11.5. The van der Waals surface area contributed by atoms with Gasteiger partial charge in [0.2, 0.25) is 5.91 Å². The Balaban J connectivity index is 0.00000256. The fraction of sp³-hybridized carbons (Fsp3) is 0.923. The summed E-state index contributed by atoms with van der Waals surface area (Å²) >= 11 is 0. The highest BCUT2D eigenvalue weighted by Crippen LogP contribution is 2.30. The minimum atomic E-state index is -0.0507. The number of hydrogen-bond acceptors (Lipinski definition) is 2. The molecule has 0 saturated heterocycles. The zero-order valence-electron chi connectivity index (χ0n) is 11.1. The van der Waals surface area contributed by atoms with Gasteiger partial charge in [-0.05, 0) is 24.7 Å². The van der Waals surface area contributed by atoms with Crippen molar-refractivity contribution in [2.24, 2.45) is 23.5 Å². The highest BCUT2D eigenvalue weighted by molar-refractivity contribution is 5.85. The first-order valence-electron chi connectivity index (χ1n) is 6.61. The van der Waals surface area contributed by atoms with Crippen molar-refractivity contribution in [3.8, 4) is 0 Å².